The Hall–Kier alpha value is -0.710. The fraction of sp³-hybridized carbons (Fsp3) is 0.571. The SMILES string of the molecule is CNC(CSC(C)C(C)O)c1ccc(OC)cc1. The Balaban J connectivity index is 2.59. The lowest BCUT2D eigenvalue weighted by Crippen LogP contribution is -2.22. The molecular weight excluding hydrogens is 246 g/mol. The molecule has 0 saturated carbocycles. The van der Waals surface area contributed by atoms with E-state index in [0.29, 0.717) is 6.04 Å². The van der Waals surface area contributed by atoms with Crippen LogP contribution in [0.5, 0.6) is 5.75 Å². The molecule has 0 amide bonds. The highest BCUT2D eigenvalue weighted by atomic mass is 32.2. The molecular formula is C14H23NO2S. The summed E-state index contributed by atoms with van der Waals surface area (Å²) in [6.45, 7) is 3.88. The van der Waals surface area contributed by atoms with Crippen LogP contribution in [-0.2, 0) is 0 Å². The van der Waals surface area contributed by atoms with Gasteiger partial charge >= 0.3 is 0 Å². The number of hydrogen-bond donors (Lipinski definition) is 2. The van der Waals surface area contributed by atoms with Crippen molar-refractivity contribution in [2.75, 3.05) is 19.9 Å². The third-order valence-corrected chi connectivity index (χ3v) is 4.52. The van der Waals surface area contributed by atoms with Gasteiger partial charge in [0.05, 0.1) is 13.2 Å². The molecule has 2 N–H and O–H groups in total. The van der Waals surface area contributed by atoms with Crippen LogP contribution in [0, 0.1) is 0 Å². The van der Waals surface area contributed by atoms with Gasteiger partial charge in [-0.15, -0.1) is 0 Å². The van der Waals surface area contributed by atoms with E-state index in [0.717, 1.165) is 11.5 Å². The molecule has 1 aromatic carbocycles. The Labute approximate surface area is 114 Å². The van der Waals surface area contributed by atoms with Crippen LogP contribution in [0.4, 0.5) is 0 Å². The first kappa shape index (κ1) is 15.3. The summed E-state index contributed by atoms with van der Waals surface area (Å²) in [4.78, 5) is 0. The summed E-state index contributed by atoms with van der Waals surface area (Å²) in [6, 6.07) is 8.40. The van der Waals surface area contributed by atoms with E-state index in [1.54, 1.807) is 18.9 Å². The van der Waals surface area contributed by atoms with E-state index >= 15 is 0 Å². The Bertz CT molecular complexity index is 340. The standard InChI is InChI=1S/C14H23NO2S/c1-10(16)11(2)18-9-14(15-3)12-5-7-13(17-4)8-6-12/h5-8,10-11,14-16H,9H2,1-4H3. The zero-order valence-corrected chi connectivity index (χ0v) is 12.3. The van der Waals surface area contributed by atoms with Crippen LogP contribution in [0.25, 0.3) is 0 Å². The molecule has 0 aliphatic rings. The Morgan fingerprint density at radius 2 is 1.89 bits per heavy atom. The molecule has 0 aliphatic heterocycles. The molecule has 0 bridgehead atoms. The molecule has 3 atom stereocenters. The van der Waals surface area contributed by atoms with Gasteiger partial charge in [-0.1, -0.05) is 19.1 Å². The lowest BCUT2D eigenvalue weighted by molar-refractivity contribution is 0.196. The number of aliphatic hydroxyl groups is 1. The Morgan fingerprint density at radius 3 is 2.33 bits per heavy atom. The summed E-state index contributed by atoms with van der Waals surface area (Å²) in [5, 5.41) is 13.0. The summed E-state index contributed by atoms with van der Waals surface area (Å²) in [7, 11) is 3.63. The fourth-order valence-electron chi connectivity index (χ4n) is 1.57. The van der Waals surface area contributed by atoms with E-state index in [9.17, 15) is 5.11 Å². The van der Waals surface area contributed by atoms with Crippen LogP contribution in [-0.4, -0.2) is 36.4 Å². The number of hydrogen-bond acceptors (Lipinski definition) is 4. The number of thioether (sulfide) groups is 1. The topological polar surface area (TPSA) is 41.5 Å². The third kappa shape index (κ3) is 4.52. The first-order chi connectivity index (χ1) is 8.58. The molecule has 3 unspecified atom stereocenters. The molecule has 102 valence electrons. The highest BCUT2D eigenvalue weighted by molar-refractivity contribution is 7.99. The average Bonchev–Trinajstić information content (AvgIpc) is 2.39. The van der Waals surface area contributed by atoms with Gasteiger partial charge < -0.3 is 15.2 Å². The monoisotopic (exact) mass is 269 g/mol. The molecule has 4 heteroatoms. The average molecular weight is 269 g/mol. The summed E-state index contributed by atoms with van der Waals surface area (Å²) in [5.41, 5.74) is 1.24. The highest BCUT2D eigenvalue weighted by Crippen LogP contribution is 2.24. The van der Waals surface area contributed by atoms with Crippen molar-refractivity contribution in [1.82, 2.24) is 5.32 Å². The second-order valence-corrected chi connectivity index (χ2v) is 5.80. The molecule has 0 saturated heterocycles. The largest absolute Gasteiger partial charge is 0.497 e. The maximum absolute atomic E-state index is 9.49. The number of nitrogens with one attached hydrogen (secondary N) is 1. The van der Waals surface area contributed by atoms with Crippen LogP contribution < -0.4 is 10.1 Å². The predicted molar refractivity (Wildman–Crippen MR) is 78.4 cm³/mol. The van der Waals surface area contributed by atoms with Gasteiger partial charge in [-0.05, 0) is 31.7 Å². The Morgan fingerprint density at radius 1 is 1.28 bits per heavy atom. The minimum Gasteiger partial charge on any atom is -0.497 e. The molecule has 0 heterocycles. The van der Waals surface area contributed by atoms with Gasteiger partial charge in [-0.3, -0.25) is 0 Å². The number of methoxy groups -OCH3 is 1. The zero-order valence-electron chi connectivity index (χ0n) is 11.5. The van der Waals surface area contributed by atoms with Crippen molar-refractivity contribution < 1.29 is 9.84 Å². The minimum atomic E-state index is -0.275. The highest BCUT2D eigenvalue weighted by Gasteiger charge is 2.14. The van der Waals surface area contributed by atoms with Crippen molar-refractivity contribution in [2.24, 2.45) is 0 Å². The lowest BCUT2D eigenvalue weighted by Gasteiger charge is -2.20. The maximum atomic E-state index is 9.49. The fourth-order valence-corrected chi connectivity index (χ4v) is 2.70. The van der Waals surface area contributed by atoms with E-state index in [4.69, 9.17) is 4.74 Å². The molecule has 3 nitrogen and oxygen atoms in total. The maximum Gasteiger partial charge on any atom is 0.118 e. The van der Waals surface area contributed by atoms with E-state index < -0.39 is 0 Å². The predicted octanol–water partition coefficient (Wildman–Crippen LogP) is 2.46. The number of aliphatic hydroxyl groups excluding tert-OH is 1. The van der Waals surface area contributed by atoms with Crippen molar-refractivity contribution in [1.29, 1.82) is 0 Å². The van der Waals surface area contributed by atoms with Crippen molar-refractivity contribution in [3.05, 3.63) is 29.8 Å². The molecule has 0 fully saturated rings. The number of rotatable bonds is 7. The van der Waals surface area contributed by atoms with Crippen LogP contribution in [0.15, 0.2) is 24.3 Å². The van der Waals surface area contributed by atoms with Gasteiger partial charge in [0.25, 0.3) is 0 Å². The smallest absolute Gasteiger partial charge is 0.118 e. The van der Waals surface area contributed by atoms with Crippen molar-refractivity contribution in [3.63, 3.8) is 0 Å². The summed E-state index contributed by atoms with van der Waals surface area (Å²) < 4.78 is 5.15. The molecule has 1 aromatic rings. The number of benzene rings is 1. The minimum absolute atomic E-state index is 0.249. The number of ether oxygens (including phenoxy) is 1. The van der Waals surface area contributed by atoms with Crippen LogP contribution in [0.3, 0.4) is 0 Å². The zero-order chi connectivity index (χ0) is 13.5. The van der Waals surface area contributed by atoms with Gasteiger partial charge in [0.2, 0.25) is 0 Å². The van der Waals surface area contributed by atoms with E-state index in [2.05, 4.69) is 24.4 Å². The second-order valence-electron chi connectivity index (χ2n) is 4.39. The second kappa shape index (κ2) is 7.67. The van der Waals surface area contributed by atoms with E-state index in [-0.39, 0.29) is 11.4 Å². The van der Waals surface area contributed by atoms with Crippen LogP contribution in [0.2, 0.25) is 0 Å². The van der Waals surface area contributed by atoms with Crippen LogP contribution >= 0.6 is 11.8 Å². The van der Waals surface area contributed by atoms with Crippen molar-refractivity contribution in [3.8, 4) is 5.75 Å². The van der Waals surface area contributed by atoms with E-state index in [1.165, 1.54) is 5.56 Å². The summed E-state index contributed by atoms with van der Waals surface area (Å²) in [5.74, 6) is 1.81. The summed E-state index contributed by atoms with van der Waals surface area (Å²) >= 11 is 1.78. The van der Waals surface area contributed by atoms with Crippen molar-refractivity contribution >= 4 is 11.8 Å². The first-order valence-corrected chi connectivity index (χ1v) is 7.24. The molecule has 18 heavy (non-hydrogen) atoms. The Kier molecular flexibility index (Phi) is 6.54. The molecule has 0 spiro atoms. The van der Waals surface area contributed by atoms with Gasteiger partial charge in [0.15, 0.2) is 0 Å². The molecule has 0 radical (unpaired) electrons. The molecule has 1 rings (SSSR count). The van der Waals surface area contributed by atoms with Gasteiger partial charge in [0.1, 0.15) is 5.75 Å². The van der Waals surface area contributed by atoms with Crippen LogP contribution in [0.1, 0.15) is 25.5 Å². The lowest BCUT2D eigenvalue weighted by atomic mass is 10.1. The molecule has 0 aromatic heterocycles. The first-order valence-electron chi connectivity index (χ1n) is 6.19. The van der Waals surface area contributed by atoms with Crippen molar-refractivity contribution in [2.45, 2.75) is 31.2 Å². The molecule has 0 aliphatic carbocycles. The summed E-state index contributed by atoms with van der Waals surface area (Å²) in [6.07, 6.45) is -0.275. The van der Waals surface area contributed by atoms with Gasteiger partial charge in [0, 0.05) is 17.0 Å². The van der Waals surface area contributed by atoms with E-state index in [1.807, 2.05) is 26.1 Å². The normalized spacial score (nSPS) is 16.1. The third-order valence-electron chi connectivity index (χ3n) is 3.07. The quantitative estimate of drug-likeness (QED) is 0.798. The van der Waals surface area contributed by atoms with Gasteiger partial charge in [-0.2, -0.15) is 11.8 Å². The van der Waals surface area contributed by atoms with Gasteiger partial charge in [-0.25, -0.2) is 0 Å².